The molecule has 1 fully saturated rings. The summed E-state index contributed by atoms with van der Waals surface area (Å²) in [5.41, 5.74) is 4.05. The van der Waals surface area contributed by atoms with Gasteiger partial charge in [-0.05, 0) is 81.2 Å². The van der Waals surface area contributed by atoms with Crippen molar-refractivity contribution in [3.05, 3.63) is 64.7 Å². The zero-order chi connectivity index (χ0) is 19.9. The molecule has 1 aliphatic heterocycles. The fraction of sp³-hybridized carbons (Fsp3) is 0.391. The predicted octanol–water partition coefficient (Wildman–Crippen LogP) is 3.98. The molecule has 0 aliphatic carbocycles. The first-order chi connectivity index (χ1) is 13.6. The molecule has 1 aliphatic rings. The summed E-state index contributed by atoms with van der Waals surface area (Å²) in [5.74, 6) is -0.244. The van der Waals surface area contributed by atoms with Crippen molar-refractivity contribution in [3.63, 3.8) is 0 Å². The summed E-state index contributed by atoms with van der Waals surface area (Å²) in [7, 11) is 0. The van der Waals surface area contributed by atoms with E-state index in [1.807, 2.05) is 38.1 Å². The van der Waals surface area contributed by atoms with Gasteiger partial charge in [0.25, 0.3) is 11.8 Å². The molecule has 2 aromatic rings. The minimum Gasteiger partial charge on any atom is -0.352 e. The Bertz CT molecular complexity index is 824. The summed E-state index contributed by atoms with van der Waals surface area (Å²) in [5, 5.41) is 5.72. The molecule has 2 N–H and O–H groups in total. The number of anilines is 1. The van der Waals surface area contributed by atoms with E-state index in [2.05, 4.69) is 15.5 Å². The highest BCUT2D eigenvalue weighted by Gasteiger charge is 2.13. The van der Waals surface area contributed by atoms with E-state index in [1.54, 1.807) is 18.2 Å². The standard InChI is InChI=1S/C23H29N3O2/c1-3-24-22(27)20-11-12-21(17(2)15-20)25-23(28)19-9-7-18(8-10-19)16-26-13-5-4-6-14-26/h7-12,15H,3-6,13-14,16H2,1-2H3,(H,24,27)(H,25,28). The van der Waals surface area contributed by atoms with Gasteiger partial charge in [-0.2, -0.15) is 0 Å². The van der Waals surface area contributed by atoms with Gasteiger partial charge in [-0.15, -0.1) is 0 Å². The molecule has 5 nitrogen and oxygen atoms in total. The highest BCUT2D eigenvalue weighted by Crippen LogP contribution is 2.19. The van der Waals surface area contributed by atoms with Crippen LogP contribution in [0.2, 0.25) is 0 Å². The number of benzene rings is 2. The molecule has 5 heteroatoms. The maximum atomic E-state index is 12.6. The Labute approximate surface area is 167 Å². The Morgan fingerprint density at radius 2 is 1.61 bits per heavy atom. The SMILES string of the molecule is CCNC(=O)c1ccc(NC(=O)c2ccc(CN3CCCCC3)cc2)c(C)c1. The van der Waals surface area contributed by atoms with Crippen LogP contribution in [0.15, 0.2) is 42.5 Å². The third-order valence-electron chi connectivity index (χ3n) is 5.15. The van der Waals surface area contributed by atoms with E-state index in [1.165, 1.54) is 24.8 Å². The molecular weight excluding hydrogens is 350 g/mol. The Hall–Kier alpha value is -2.66. The van der Waals surface area contributed by atoms with Gasteiger partial charge in [0.15, 0.2) is 0 Å². The molecule has 0 aromatic heterocycles. The number of nitrogens with one attached hydrogen (secondary N) is 2. The second-order valence-electron chi connectivity index (χ2n) is 7.38. The van der Waals surface area contributed by atoms with Crippen LogP contribution >= 0.6 is 0 Å². The van der Waals surface area contributed by atoms with E-state index >= 15 is 0 Å². The van der Waals surface area contributed by atoms with Crippen LogP contribution in [0.25, 0.3) is 0 Å². The molecule has 0 radical (unpaired) electrons. The highest BCUT2D eigenvalue weighted by atomic mass is 16.2. The monoisotopic (exact) mass is 379 g/mol. The molecular formula is C23H29N3O2. The minimum absolute atomic E-state index is 0.104. The molecule has 1 saturated heterocycles. The molecule has 0 spiro atoms. The Morgan fingerprint density at radius 3 is 2.25 bits per heavy atom. The number of amides is 2. The molecule has 1 heterocycles. The molecule has 2 aromatic carbocycles. The van der Waals surface area contributed by atoms with Crippen LogP contribution in [0, 0.1) is 6.92 Å². The van der Waals surface area contributed by atoms with Crippen molar-refractivity contribution in [1.82, 2.24) is 10.2 Å². The van der Waals surface area contributed by atoms with E-state index in [0.717, 1.165) is 30.9 Å². The van der Waals surface area contributed by atoms with E-state index in [4.69, 9.17) is 0 Å². The van der Waals surface area contributed by atoms with Gasteiger partial charge < -0.3 is 10.6 Å². The van der Waals surface area contributed by atoms with Crippen LogP contribution < -0.4 is 10.6 Å². The van der Waals surface area contributed by atoms with Crippen molar-refractivity contribution in [1.29, 1.82) is 0 Å². The smallest absolute Gasteiger partial charge is 0.255 e. The maximum Gasteiger partial charge on any atom is 0.255 e. The number of rotatable bonds is 6. The summed E-state index contributed by atoms with van der Waals surface area (Å²) >= 11 is 0. The molecule has 2 amide bonds. The van der Waals surface area contributed by atoms with E-state index in [9.17, 15) is 9.59 Å². The average Bonchev–Trinajstić information content (AvgIpc) is 2.71. The maximum absolute atomic E-state index is 12.6. The van der Waals surface area contributed by atoms with Crippen molar-refractivity contribution >= 4 is 17.5 Å². The second-order valence-corrected chi connectivity index (χ2v) is 7.38. The van der Waals surface area contributed by atoms with E-state index in [0.29, 0.717) is 17.7 Å². The van der Waals surface area contributed by atoms with Gasteiger partial charge in [-0.3, -0.25) is 14.5 Å². The summed E-state index contributed by atoms with van der Waals surface area (Å²) in [6.45, 7) is 7.63. The van der Waals surface area contributed by atoms with Crippen molar-refractivity contribution < 1.29 is 9.59 Å². The van der Waals surface area contributed by atoms with Gasteiger partial charge in [0, 0.05) is 29.9 Å². The molecule has 148 valence electrons. The number of likely N-dealkylation sites (tertiary alicyclic amines) is 1. The third-order valence-corrected chi connectivity index (χ3v) is 5.15. The molecule has 0 atom stereocenters. The number of hydrogen-bond acceptors (Lipinski definition) is 3. The van der Waals surface area contributed by atoms with Crippen molar-refractivity contribution in [3.8, 4) is 0 Å². The van der Waals surface area contributed by atoms with Crippen LogP contribution in [-0.2, 0) is 6.54 Å². The van der Waals surface area contributed by atoms with Crippen LogP contribution in [0.3, 0.4) is 0 Å². The fourth-order valence-corrected chi connectivity index (χ4v) is 3.54. The lowest BCUT2D eigenvalue weighted by atomic mass is 10.1. The Kier molecular flexibility index (Phi) is 6.82. The largest absolute Gasteiger partial charge is 0.352 e. The zero-order valence-corrected chi connectivity index (χ0v) is 16.8. The second kappa shape index (κ2) is 9.51. The molecule has 0 saturated carbocycles. The summed E-state index contributed by atoms with van der Waals surface area (Å²) in [6.07, 6.45) is 3.89. The number of carbonyl (C=O) groups excluding carboxylic acids is 2. The minimum atomic E-state index is -0.140. The molecule has 0 bridgehead atoms. The van der Waals surface area contributed by atoms with Gasteiger partial charge in [0.2, 0.25) is 0 Å². The fourth-order valence-electron chi connectivity index (χ4n) is 3.54. The van der Waals surface area contributed by atoms with E-state index < -0.39 is 0 Å². The number of hydrogen-bond donors (Lipinski definition) is 2. The lowest BCUT2D eigenvalue weighted by Crippen LogP contribution is -2.29. The first-order valence-electron chi connectivity index (χ1n) is 10.1. The number of carbonyl (C=O) groups is 2. The first-order valence-corrected chi connectivity index (χ1v) is 10.1. The van der Waals surface area contributed by atoms with Crippen LogP contribution in [-0.4, -0.2) is 36.3 Å². The molecule has 3 rings (SSSR count). The van der Waals surface area contributed by atoms with Crippen molar-refractivity contribution in [2.75, 3.05) is 25.0 Å². The van der Waals surface area contributed by atoms with Gasteiger partial charge in [0.1, 0.15) is 0 Å². The summed E-state index contributed by atoms with van der Waals surface area (Å²) < 4.78 is 0. The normalized spacial score (nSPS) is 14.5. The van der Waals surface area contributed by atoms with Gasteiger partial charge in [0.05, 0.1) is 0 Å². The number of aryl methyl sites for hydroxylation is 1. The van der Waals surface area contributed by atoms with Crippen LogP contribution in [0.1, 0.15) is 58.0 Å². The highest BCUT2D eigenvalue weighted by molar-refractivity contribution is 6.05. The molecule has 0 unspecified atom stereocenters. The van der Waals surface area contributed by atoms with Crippen LogP contribution in [0.5, 0.6) is 0 Å². The summed E-state index contributed by atoms with van der Waals surface area (Å²) in [6, 6.07) is 13.1. The van der Waals surface area contributed by atoms with Gasteiger partial charge in [-0.1, -0.05) is 18.6 Å². The van der Waals surface area contributed by atoms with Crippen LogP contribution in [0.4, 0.5) is 5.69 Å². The number of piperidine rings is 1. The lowest BCUT2D eigenvalue weighted by molar-refractivity contribution is 0.0955. The lowest BCUT2D eigenvalue weighted by Gasteiger charge is -2.26. The molecule has 28 heavy (non-hydrogen) atoms. The number of nitrogens with zero attached hydrogens (tertiary/aromatic N) is 1. The quantitative estimate of drug-likeness (QED) is 0.798. The van der Waals surface area contributed by atoms with Crippen molar-refractivity contribution in [2.24, 2.45) is 0 Å². The average molecular weight is 380 g/mol. The van der Waals surface area contributed by atoms with E-state index in [-0.39, 0.29) is 11.8 Å². The Balaban J connectivity index is 1.61. The first kappa shape index (κ1) is 20.1. The Morgan fingerprint density at radius 1 is 0.929 bits per heavy atom. The zero-order valence-electron chi connectivity index (χ0n) is 16.8. The third kappa shape index (κ3) is 5.20. The van der Waals surface area contributed by atoms with Gasteiger partial charge >= 0.3 is 0 Å². The van der Waals surface area contributed by atoms with Gasteiger partial charge in [-0.25, -0.2) is 0 Å². The van der Waals surface area contributed by atoms with Crippen molar-refractivity contribution in [2.45, 2.75) is 39.7 Å². The topological polar surface area (TPSA) is 61.4 Å². The predicted molar refractivity (Wildman–Crippen MR) is 113 cm³/mol. The summed E-state index contributed by atoms with van der Waals surface area (Å²) in [4.78, 5) is 27.0.